The molecule has 0 amide bonds. The highest BCUT2D eigenvalue weighted by molar-refractivity contribution is 5.69. The smallest absolute Gasteiger partial charge is 0.207 e. The Bertz CT molecular complexity index is 1670. The number of allylic oxidation sites excluding steroid dienone is 1. The third kappa shape index (κ3) is 3.54. The number of nitrogens with zero attached hydrogens (tertiary/aromatic N) is 2. The minimum atomic E-state index is -0.228. The molecule has 2 aliphatic rings. The summed E-state index contributed by atoms with van der Waals surface area (Å²) in [6.45, 7) is 4.76. The highest BCUT2D eigenvalue weighted by Crippen LogP contribution is 2.44. The van der Waals surface area contributed by atoms with Crippen molar-refractivity contribution in [1.29, 1.82) is 0 Å². The predicted molar refractivity (Wildman–Crippen MR) is 145 cm³/mol. The van der Waals surface area contributed by atoms with Crippen molar-refractivity contribution in [2.45, 2.75) is 24.8 Å². The lowest BCUT2D eigenvalue weighted by Crippen LogP contribution is -2.53. The van der Waals surface area contributed by atoms with Gasteiger partial charge in [0.1, 0.15) is 5.82 Å². The zero-order chi connectivity index (χ0) is 24.9. The molecule has 0 radical (unpaired) electrons. The molecule has 0 fully saturated rings. The first-order valence-electron chi connectivity index (χ1n) is 12.9. The van der Waals surface area contributed by atoms with Crippen LogP contribution in [0.1, 0.15) is 29.5 Å². The summed E-state index contributed by atoms with van der Waals surface area (Å²) in [6, 6.07) is 35.1. The second-order valence-electron chi connectivity index (χ2n) is 10.00. The lowest BCUT2D eigenvalue weighted by atomic mass is 9.78. The minimum Gasteiger partial charge on any atom is -0.207 e. The molecule has 0 spiro atoms. The van der Waals surface area contributed by atoms with Crippen LogP contribution in [0.2, 0.25) is 0 Å². The molecular formula is C34H27FN2+2. The second-order valence-corrected chi connectivity index (χ2v) is 10.00. The highest BCUT2D eigenvalue weighted by atomic mass is 19.1. The van der Waals surface area contributed by atoms with E-state index in [-0.39, 0.29) is 17.8 Å². The number of rotatable bonds is 1. The Morgan fingerprint density at radius 1 is 0.703 bits per heavy atom. The van der Waals surface area contributed by atoms with Gasteiger partial charge in [0.25, 0.3) is 0 Å². The van der Waals surface area contributed by atoms with Crippen molar-refractivity contribution in [3.8, 4) is 33.6 Å². The highest BCUT2D eigenvalue weighted by Gasteiger charge is 2.46. The number of fused-ring (bicyclic) bond motifs is 9. The first kappa shape index (κ1) is 21.9. The van der Waals surface area contributed by atoms with Crippen molar-refractivity contribution in [3.05, 3.63) is 139 Å². The first-order valence-corrected chi connectivity index (χ1v) is 12.9. The monoisotopic (exact) mass is 482 g/mol. The third-order valence-electron chi connectivity index (χ3n) is 8.00. The molecule has 7 rings (SSSR count). The lowest BCUT2D eigenvalue weighted by molar-refractivity contribution is -0.727. The maximum absolute atomic E-state index is 13.7. The Kier molecular flexibility index (Phi) is 5.10. The zero-order valence-corrected chi connectivity index (χ0v) is 20.5. The molecular weight excluding hydrogens is 455 g/mol. The van der Waals surface area contributed by atoms with Gasteiger partial charge in [0.2, 0.25) is 23.1 Å². The summed E-state index contributed by atoms with van der Waals surface area (Å²) >= 11 is 0. The van der Waals surface area contributed by atoms with Crippen molar-refractivity contribution < 1.29 is 13.5 Å². The number of halogens is 1. The number of benzene rings is 3. The van der Waals surface area contributed by atoms with E-state index in [2.05, 4.69) is 100 Å². The van der Waals surface area contributed by atoms with Crippen molar-refractivity contribution in [2.75, 3.05) is 0 Å². The largest absolute Gasteiger partial charge is 0.249 e. The van der Waals surface area contributed by atoms with Crippen LogP contribution in [-0.4, -0.2) is 0 Å². The van der Waals surface area contributed by atoms with Gasteiger partial charge in [-0.3, -0.25) is 0 Å². The van der Waals surface area contributed by atoms with Gasteiger partial charge >= 0.3 is 0 Å². The summed E-state index contributed by atoms with van der Waals surface area (Å²) < 4.78 is 18.4. The Labute approximate surface area is 216 Å². The van der Waals surface area contributed by atoms with Gasteiger partial charge in [-0.2, -0.15) is 9.13 Å². The molecule has 0 saturated heterocycles. The predicted octanol–water partition coefficient (Wildman–Crippen LogP) is 7.16. The molecule has 0 saturated carbocycles. The van der Waals surface area contributed by atoms with Crippen LogP contribution in [0.25, 0.3) is 39.3 Å². The third-order valence-corrected chi connectivity index (χ3v) is 8.00. The Hall–Kier alpha value is -4.37. The molecule has 2 aromatic heterocycles. The quantitative estimate of drug-likeness (QED) is 0.224. The van der Waals surface area contributed by atoms with Gasteiger partial charge in [-0.25, -0.2) is 4.39 Å². The summed E-state index contributed by atoms with van der Waals surface area (Å²) in [5.74, 6) is 0.0544. The van der Waals surface area contributed by atoms with Crippen LogP contribution in [0.15, 0.2) is 122 Å². The maximum Gasteiger partial charge on any atom is 0.249 e. The van der Waals surface area contributed by atoms with Gasteiger partial charge in [-0.15, -0.1) is 0 Å². The van der Waals surface area contributed by atoms with E-state index in [0.29, 0.717) is 0 Å². The molecule has 2 atom stereocenters. The fraction of sp³-hybridized carbons (Fsp3) is 0.118. The molecule has 2 unspecified atom stereocenters. The number of hydrogen-bond acceptors (Lipinski definition) is 0. The van der Waals surface area contributed by atoms with E-state index in [4.69, 9.17) is 6.58 Å². The minimum absolute atomic E-state index is 0.0626. The van der Waals surface area contributed by atoms with Crippen LogP contribution in [0, 0.1) is 5.82 Å². The zero-order valence-electron chi connectivity index (χ0n) is 20.5. The standard InChI is InChI=1S/C34H27FN2/c1-23-34-31(29-10-4-5-11-30(29)32-12-6-7-21-36(32)34)19-15-25-8-2-3-9-28(25)33-20-16-26(22-37(23)33)24-13-17-27(35)18-14-24/h2-14,16-18,20-22,31,34H,1,15,19H2/q+2. The molecule has 2 aliphatic heterocycles. The van der Waals surface area contributed by atoms with Gasteiger partial charge in [-0.05, 0) is 72.5 Å². The maximum atomic E-state index is 13.7. The van der Waals surface area contributed by atoms with E-state index >= 15 is 0 Å². The summed E-state index contributed by atoms with van der Waals surface area (Å²) in [6.07, 6.45) is 6.39. The fourth-order valence-corrected chi connectivity index (χ4v) is 6.26. The van der Waals surface area contributed by atoms with E-state index in [1.807, 2.05) is 12.1 Å². The van der Waals surface area contributed by atoms with E-state index in [1.54, 1.807) is 0 Å². The SMILES string of the molecule is C=C1C2C(CCc3ccccc3-c3ccc(-c4ccc(F)cc4)c[n+]31)c1ccccc1-c1cccc[n+]12. The van der Waals surface area contributed by atoms with E-state index in [0.717, 1.165) is 35.4 Å². The van der Waals surface area contributed by atoms with E-state index in [9.17, 15) is 4.39 Å². The number of pyridine rings is 2. The molecule has 178 valence electrons. The molecule has 37 heavy (non-hydrogen) atoms. The summed E-state index contributed by atoms with van der Waals surface area (Å²) in [7, 11) is 0. The molecule has 0 bridgehead atoms. The molecule has 2 nitrogen and oxygen atoms in total. The van der Waals surface area contributed by atoms with Crippen LogP contribution in [0.3, 0.4) is 0 Å². The molecule has 5 aromatic rings. The average Bonchev–Trinajstić information content (AvgIpc) is 3.00. The van der Waals surface area contributed by atoms with Gasteiger partial charge in [0.05, 0.1) is 5.92 Å². The number of aryl methyl sites for hydroxylation is 1. The topological polar surface area (TPSA) is 7.76 Å². The number of aromatic nitrogens is 2. The van der Waals surface area contributed by atoms with Gasteiger partial charge in [0, 0.05) is 34.9 Å². The first-order chi connectivity index (χ1) is 18.2. The normalized spacial score (nSPS) is 17.7. The molecule has 3 aromatic carbocycles. The van der Waals surface area contributed by atoms with Gasteiger partial charge in [0.15, 0.2) is 12.4 Å². The second kappa shape index (κ2) is 8.63. The Morgan fingerprint density at radius 2 is 1.43 bits per heavy atom. The average molecular weight is 483 g/mol. The van der Waals surface area contributed by atoms with Crippen LogP contribution >= 0.6 is 0 Å². The van der Waals surface area contributed by atoms with Crippen molar-refractivity contribution in [2.24, 2.45) is 0 Å². The Morgan fingerprint density at radius 3 is 2.30 bits per heavy atom. The van der Waals surface area contributed by atoms with Crippen LogP contribution in [-0.2, 0) is 6.42 Å². The van der Waals surface area contributed by atoms with Crippen molar-refractivity contribution in [3.63, 3.8) is 0 Å². The van der Waals surface area contributed by atoms with E-state index < -0.39 is 0 Å². The molecule has 0 aliphatic carbocycles. The van der Waals surface area contributed by atoms with Crippen molar-refractivity contribution >= 4 is 5.70 Å². The number of hydrogen-bond donors (Lipinski definition) is 0. The summed E-state index contributed by atoms with van der Waals surface area (Å²) in [5.41, 5.74) is 10.7. The lowest BCUT2D eigenvalue weighted by Gasteiger charge is -2.29. The van der Waals surface area contributed by atoms with Gasteiger partial charge < -0.3 is 0 Å². The van der Waals surface area contributed by atoms with Crippen LogP contribution in [0.5, 0.6) is 0 Å². The molecule has 0 N–H and O–H groups in total. The summed E-state index contributed by atoms with van der Waals surface area (Å²) in [4.78, 5) is 0. The fourth-order valence-electron chi connectivity index (χ4n) is 6.26. The summed E-state index contributed by atoms with van der Waals surface area (Å²) in [5, 5.41) is 0. The Balaban J connectivity index is 1.49. The van der Waals surface area contributed by atoms with Crippen molar-refractivity contribution in [1.82, 2.24) is 0 Å². The van der Waals surface area contributed by atoms with Crippen LogP contribution < -0.4 is 9.13 Å². The van der Waals surface area contributed by atoms with Gasteiger partial charge in [-0.1, -0.05) is 48.5 Å². The van der Waals surface area contributed by atoms with E-state index in [1.165, 1.54) is 40.1 Å². The molecule has 4 heterocycles. The van der Waals surface area contributed by atoms with Crippen LogP contribution in [0.4, 0.5) is 4.39 Å². The molecule has 3 heteroatoms.